The second kappa shape index (κ2) is 7.85. The van der Waals surface area contributed by atoms with E-state index < -0.39 is 15.4 Å². The molecule has 2 saturated heterocycles. The SMILES string of the molecule is O=S(=O)(CCOc1ccccc1)N1[C@H]2CC[C@@H]1[C@@](CO)(Cc1ccccc1)C2. The molecule has 2 aliphatic heterocycles. The molecule has 5 nitrogen and oxygen atoms in total. The van der Waals surface area contributed by atoms with Gasteiger partial charge in [0, 0.05) is 17.5 Å². The van der Waals surface area contributed by atoms with Crippen molar-refractivity contribution in [1.82, 2.24) is 4.31 Å². The fraction of sp³-hybridized carbons (Fsp3) is 0.455. The van der Waals surface area contributed by atoms with Crippen LogP contribution in [0, 0.1) is 5.41 Å². The van der Waals surface area contributed by atoms with Crippen LogP contribution in [-0.4, -0.2) is 48.9 Å². The zero-order chi connectivity index (χ0) is 19.6. The number of nitrogens with zero attached hydrogens (tertiary/aromatic N) is 1. The van der Waals surface area contributed by atoms with Gasteiger partial charge in [0.25, 0.3) is 0 Å². The maximum atomic E-state index is 13.1. The highest BCUT2D eigenvalue weighted by Crippen LogP contribution is 2.52. The van der Waals surface area contributed by atoms with E-state index in [4.69, 9.17) is 4.74 Å². The fourth-order valence-electron chi connectivity index (χ4n) is 4.96. The summed E-state index contributed by atoms with van der Waals surface area (Å²) >= 11 is 0. The minimum atomic E-state index is -3.44. The van der Waals surface area contributed by atoms with E-state index in [-0.39, 0.29) is 31.1 Å². The molecule has 0 amide bonds. The minimum absolute atomic E-state index is 0.00952. The zero-order valence-corrected chi connectivity index (χ0v) is 16.7. The molecule has 2 aromatic carbocycles. The molecule has 1 N–H and O–H groups in total. The molecule has 0 unspecified atom stereocenters. The van der Waals surface area contributed by atoms with Gasteiger partial charge >= 0.3 is 0 Å². The highest BCUT2D eigenvalue weighted by molar-refractivity contribution is 7.89. The second-order valence-electron chi connectivity index (χ2n) is 7.94. The molecule has 2 bridgehead atoms. The second-order valence-corrected chi connectivity index (χ2v) is 9.94. The number of benzene rings is 2. The largest absolute Gasteiger partial charge is 0.492 e. The number of ether oxygens (including phenoxy) is 1. The highest BCUT2D eigenvalue weighted by Gasteiger charge is 2.59. The first kappa shape index (κ1) is 19.4. The van der Waals surface area contributed by atoms with Gasteiger partial charge < -0.3 is 9.84 Å². The highest BCUT2D eigenvalue weighted by atomic mass is 32.2. The van der Waals surface area contributed by atoms with Crippen molar-refractivity contribution >= 4 is 10.0 Å². The molecule has 2 heterocycles. The van der Waals surface area contributed by atoms with Gasteiger partial charge in [0.05, 0.1) is 12.4 Å². The van der Waals surface area contributed by atoms with Crippen LogP contribution < -0.4 is 4.74 Å². The molecule has 150 valence electrons. The lowest BCUT2D eigenvalue weighted by atomic mass is 9.70. The third-order valence-electron chi connectivity index (χ3n) is 6.18. The Kier molecular flexibility index (Phi) is 5.45. The Labute approximate surface area is 167 Å². The number of para-hydroxylation sites is 1. The molecule has 0 aliphatic carbocycles. The van der Waals surface area contributed by atoms with Crippen molar-refractivity contribution in [2.45, 2.75) is 37.8 Å². The zero-order valence-electron chi connectivity index (χ0n) is 15.9. The van der Waals surface area contributed by atoms with Crippen LogP contribution in [0.1, 0.15) is 24.8 Å². The third-order valence-corrected chi connectivity index (χ3v) is 8.06. The van der Waals surface area contributed by atoms with Crippen LogP contribution in [0.15, 0.2) is 60.7 Å². The van der Waals surface area contributed by atoms with Crippen LogP contribution in [0.25, 0.3) is 0 Å². The quantitative estimate of drug-likeness (QED) is 0.739. The van der Waals surface area contributed by atoms with Crippen LogP contribution in [-0.2, 0) is 16.4 Å². The molecule has 0 radical (unpaired) electrons. The van der Waals surface area contributed by atoms with Gasteiger partial charge in [-0.3, -0.25) is 0 Å². The predicted molar refractivity (Wildman–Crippen MR) is 109 cm³/mol. The summed E-state index contributed by atoms with van der Waals surface area (Å²) in [4.78, 5) is 0. The number of hydrogen-bond acceptors (Lipinski definition) is 4. The summed E-state index contributed by atoms with van der Waals surface area (Å²) in [7, 11) is -3.44. The van der Waals surface area contributed by atoms with Gasteiger partial charge in [-0.1, -0.05) is 48.5 Å². The van der Waals surface area contributed by atoms with Crippen molar-refractivity contribution in [1.29, 1.82) is 0 Å². The maximum absolute atomic E-state index is 13.1. The molecular weight excluding hydrogens is 374 g/mol. The molecule has 0 aromatic heterocycles. The van der Waals surface area contributed by atoms with E-state index in [1.165, 1.54) is 0 Å². The van der Waals surface area contributed by atoms with Gasteiger partial charge in [-0.2, -0.15) is 4.31 Å². The monoisotopic (exact) mass is 401 g/mol. The molecule has 2 fully saturated rings. The van der Waals surface area contributed by atoms with Gasteiger partial charge in [-0.15, -0.1) is 0 Å². The van der Waals surface area contributed by atoms with E-state index in [0.29, 0.717) is 12.2 Å². The Morgan fingerprint density at radius 3 is 2.39 bits per heavy atom. The Morgan fingerprint density at radius 2 is 1.71 bits per heavy atom. The summed E-state index contributed by atoms with van der Waals surface area (Å²) in [6.45, 7) is 0.142. The number of aliphatic hydroxyl groups excluding tert-OH is 1. The molecule has 6 heteroatoms. The van der Waals surface area contributed by atoms with Gasteiger partial charge in [0.15, 0.2) is 0 Å². The summed E-state index contributed by atoms with van der Waals surface area (Å²) in [5.74, 6) is 0.637. The van der Waals surface area contributed by atoms with E-state index in [1.807, 2.05) is 48.5 Å². The molecule has 3 atom stereocenters. The van der Waals surface area contributed by atoms with Crippen LogP contribution in [0.2, 0.25) is 0 Å². The van der Waals surface area contributed by atoms with Crippen LogP contribution in [0.5, 0.6) is 5.75 Å². The predicted octanol–water partition coefficient (Wildman–Crippen LogP) is 2.85. The van der Waals surface area contributed by atoms with Crippen molar-refractivity contribution < 1.29 is 18.3 Å². The number of hydrogen-bond donors (Lipinski definition) is 1. The third kappa shape index (κ3) is 3.69. The van der Waals surface area contributed by atoms with E-state index in [0.717, 1.165) is 24.8 Å². The molecule has 4 rings (SSSR count). The first-order chi connectivity index (χ1) is 13.5. The Morgan fingerprint density at radius 1 is 1.04 bits per heavy atom. The lowest BCUT2D eigenvalue weighted by Crippen LogP contribution is -2.45. The number of aliphatic hydroxyl groups is 1. The van der Waals surface area contributed by atoms with Crippen LogP contribution in [0.4, 0.5) is 0 Å². The number of sulfonamides is 1. The van der Waals surface area contributed by atoms with Crippen molar-refractivity contribution in [2.75, 3.05) is 19.0 Å². The molecule has 0 saturated carbocycles. The standard InChI is InChI=1S/C22H27NO4S/c24-17-22(15-18-7-3-1-4-8-18)16-19-11-12-21(22)23(19)28(25,26)14-13-27-20-9-5-2-6-10-20/h1-10,19,21,24H,11-17H2/t19-,21+,22-/m0/s1. The van der Waals surface area contributed by atoms with E-state index >= 15 is 0 Å². The molecule has 2 aromatic rings. The summed E-state index contributed by atoms with van der Waals surface area (Å²) in [5.41, 5.74) is 0.756. The normalized spacial score (nSPS) is 27.2. The molecule has 0 spiro atoms. The topological polar surface area (TPSA) is 66.8 Å². The lowest BCUT2D eigenvalue weighted by molar-refractivity contribution is 0.0888. The average Bonchev–Trinajstić information content (AvgIpc) is 3.27. The van der Waals surface area contributed by atoms with Gasteiger partial charge in [-0.05, 0) is 43.4 Å². The molecular formula is C22H27NO4S. The summed E-state index contributed by atoms with van der Waals surface area (Å²) in [6.07, 6.45) is 3.12. The van der Waals surface area contributed by atoms with Gasteiger partial charge in [-0.25, -0.2) is 8.42 Å². The van der Waals surface area contributed by atoms with Crippen LogP contribution >= 0.6 is 0 Å². The van der Waals surface area contributed by atoms with E-state index in [1.54, 1.807) is 4.31 Å². The van der Waals surface area contributed by atoms with E-state index in [2.05, 4.69) is 12.1 Å². The first-order valence-electron chi connectivity index (χ1n) is 9.88. The smallest absolute Gasteiger partial charge is 0.217 e. The lowest BCUT2D eigenvalue weighted by Gasteiger charge is -2.36. The van der Waals surface area contributed by atoms with Gasteiger partial charge in [0.2, 0.25) is 10.0 Å². The molecule has 28 heavy (non-hydrogen) atoms. The Hall–Kier alpha value is -1.89. The average molecular weight is 402 g/mol. The van der Waals surface area contributed by atoms with Crippen molar-refractivity contribution in [3.05, 3.63) is 66.2 Å². The number of rotatable bonds is 8. The summed E-state index contributed by atoms with van der Waals surface area (Å²) in [6, 6.07) is 19.2. The minimum Gasteiger partial charge on any atom is -0.492 e. The van der Waals surface area contributed by atoms with Crippen molar-refractivity contribution in [2.24, 2.45) is 5.41 Å². The summed E-state index contributed by atoms with van der Waals surface area (Å²) < 4.78 is 33.5. The Balaban J connectivity index is 1.47. The summed E-state index contributed by atoms with van der Waals surface area (Å²) in [5, 5.41) is 10.3. The molecule has 2 aliphatic rings. The van der Waals surface area contributed by atoms with Crippen LogP contribution in [0.3, 0.4) is 0 Å². The van der Waals surface area contributed by atoms with Crippen molar-refractivity contribution in [3.63, 3.8) is 0 Å². The van der Waals surface area contributed by atoms with Gasteiger partial charge in [0.1, 0.15) is 12.4 Å². The number of fused-ring (bicyclic) bond motifs is 2. The van der Waals surface area contributed by atoms with E-state index in [9.17, 15) is 13.5 Å². The fourth-order valence-corrected chi connectivity index (χ4v) is 6.81. The first-order valence-corrected chi connectivity index (χ1v) is 11.5. The Bertz CT molecular complexity index is 887. The maximum Gasteiger partial charge on any atom is 0.217 e. The van der Waals surface area contributed by atoms with Crippen molar-refractivity contribution in [3.8, 4) is 5.75 Å².